The molecule has 1 N–H and O–H groups in total. The monoisotopic (exact) mass is 235 g/mol. The van der Waals surface area contributed by atoms with E-state index in [2.05, 4.69) is 35.7 Å². The third-order valence-corrected chi connectivity index (χ3v) is 2.16. The van der Waals surface area contributed by atoms with Crippen LogP contribution in [0.3, 0.4) is 0 Å². The van der Waals surface area contributed by atoms with E-state index in [1.165, 1.54) is 0 Å². The van der Waals surface area contributed by atoms with Crippen molar-refractivity contribution in [1.82, 2.24) is 15.3 Å². The lowest BCUT2D eigenvalue weighted by Gasteiger charge is -2.08. The number of nitrogens with zero attached hydrogens (tertiary/aromatic N) is 2. The fourth-order valence-corrected chi connectivity index (χ4v) is 1.25. The van der Waals surface area contributed by atoms with Gasteiger partial charge in [0, 0.05) is 18.8 Å². The Morgan fingerprint density at radius 2 is 2.29 bits per heavy atom. The fraction of sp³-hybridized carbons (Fsp3) is 0.538. The summed E-state index contributed by atoms with van der Waals surface area (Å²) in [5.74, 6) is 0.595. The first kappa shape index (κ1) is 13.6. The fourth-order valence-electron chi connectivity index (χ4n) is 1.25. The predicted molar refractivity (Wildman–Crippen MR) is 68.9 cm³/mol. The molecule has 17 heavy (non-hydrogen) atoms. The van der Waals surface area contributed by atoms with Gasteiger partial charge >= 0.3 is 0 Å². The van der Waals surface area contributed by atoms with Gasteiger partial charge in [-0.15, -0.1) is 6.58 Å². The largest absolute Gasteiger partial charge is 0.477 e. The van der Waals surface area contributed by atoms with Crippen molar-refractivity contribution in [3.63, 3.8) is 0 Å². The summed E-state index contributed by atoms with van der Waals surface area (Å²) in [7, 11) is 0. The third kappa shape index (κ3) is 6.02. The van der Waals surface area contributed by atoms with Crippen molar-refractivity contribution >= 4 is 0 Å². The first-order chi connectivity index (χ1) is 8.22. The summed E-state index contributed by atoms with van der Waals surface area (Å²) >= 11 is 0. The van der Waals surface area contributed by atoms with Crippen molar-refractivity contribution < 1.29 is 4.74 Å². The Morgan fingerprint density at radius 3 is 3.00 bits per heavy atom. The van der Waals surface area contributed by atoms with Gasteiger partial charge in [-0.1, -0.05) is 19.9 Å². The van der Waals surface area contributed by atoms with Crippen molar-refractivity contribution in [1.29, 1.82) is 0 Å². The molecule has 0 bridgehead atoms. The molecule has 0 spiro atoms. The lowest BCUT2D eigenvalue weighted by Crippen LogP contribution is -2.22. The summed E-state index contributed by atoms with van der Waals surface area (Å²) in [6.07, 6.45) is 7.21. The second-order valence-corrected chi connectivity index (χ2v) is 4.16. The standard InChI is InChI=1S/C13H21N3O/c1-4-5-6-7-17-13-10-14-8-12(16-13)9-15-11(2)3/h4,8,10-11,15H,1,5-7,9H2,2-3H3. The van der Waals surface area contributed by atoms with Crippen LogP contribution in [-0.4, -0.2) is 22.6 Å². The number of nitrogens with one attached hydrogen (secondary N) is 1. The summed E-state index contributed by atoms with van der Waals surface area (Å²) in [6.45, 7) is 9.24. The number of allylic oxidation sites excluding steroid dienone is 1. The molecular formula is C13H21N3O. The minimum Gasteiger partial charge on any atom is -0.477 e. The van der Waals surface area contributed by atoms with Crippen LogP contribution in [-0.2, 0) is 6.54 Å². The van der Waals surface area contributed by atoms with Crippen molar-refractivity contribution in [2.24, 2.45) is 0 Å². The van der Waals surface area contributed by atoms with Gasteiger partial charge in [0.05, 0.1) is 18.5 Å². The molecule has 0 aliphatic heterocycles. The molecule has 1 heterocycles. The van der Waals surface area contributed by atoms with E-state index in [0.29, 0.717) is 25.1 Å². The lowest BCUT2D eigenvalue weighted by atomic mass is 10.3. The van der Waals surface area contributed by atoms with E-state index in [9.17, 15) is 0 Å². The van der Waals surface area contributed by atoms with E-state index in [4.69, 9.17) is 4.74 Å². The molecule has 1 rings (SSSR count). The Labute approximate surface area is 103 Å². The Bertz CT molecular complexity index is 339. The lowest BCUT2D eigenvalue weighted by molar-refractivity contribution is 0.297. The van der Waals surface area contributed by atoms with Gasteiger partial charge in [-0.3, -0.25) is 4.98 Å². The van der Waals surface area contributed by atoms with Gasteiger partial charge in [0.1, 0.15) is 0 Å². The van der Waals surface area contributed by atoms with Gasteiger partial charge in [-0.2, -0.15) is 0 Å². The molecule has 1 aromatic rings. The van der Waals surface area contributed by atoms with Crippen molar-refractivity contribution in [2.45, 2.75) is 39.3 Å². The summed E-state index contributed by atoms with van der Waals surface area (Å²) in [5, 5.41) is 3.29. The summed E-state index contributed by atoms with van der Waals surface area (Å²) in [4.78, 5) is 8.48. The van der Waals surface area contributed by atoms with Crippen LogP contribution in [0.5, 0.6) is 5.88 Å². The summed E-state index contributed by atoms with van der Waals surface area (Å²) in [6, 6.07) is 0.439. The molecule has 1 aromatic heterocycles. The Hall–Kier alpha value is -1.42. The van der Waals surface area contributed by atoms with Gasteiger partial charge in [0.15, 0.2) is 0 Å². The molecule has 0 saturated carbocycles. The summed E-state index contributed by atoms with van der Waals surface area (Å²) < 4.78 is 5.51. The molecule has 94 valence electrons. The number of aromatic nitrogens is 2. The second-order valence-electron chi connectivity index (χ2n) is 4.16. The van der Waals surface area contributed by atoms with E-state index in [0.717, 1.165) is 18.5 Å². The Morgan fingerprint density at radius 1 is 1.47 bits per heavy atom. The van der Waals surface area contributed by atoms with E-state index in [-0.39, 0.29) is 0 Å². The first-order valence-electron chi connectivity index (χ1n) is 6.00. The zero-order valence-corrected chi connectivity index (χ0v) is 10.6. The van der Waals surface area contributed by atoms with Crippen molar-refractivity contribution in [3.05, 3.63) is 30.7 Å². The molecule has 4 heteroatoms. The van der Waals surface area contributed by atoms with Crippen LogP contribution in [0.2, 0.25) is 0 Å². The molecule has 0 aliphatic carbocycles. The Balaban J connectivity index is 2.39. The van der Waals surface area contributed by atoms with Gasteiger partial charge in [-0.25, -0.2) is 4.98 Å². The van der Waals surface area contributed by atoms with Crippen molar-refractivity contribution in [2.75, 3.05) is 6.61 Å². The molecule has 0 atom stereocenters. The van der Waals surface area contributed by atoms with Gasteiger partial charge in [0.2, 0.25) is 5.88 Å². The minimum atomic E-state index is 0.439. The highest BCUT2D eigenvalue weighted by Crippen LogP contribution is 2.06. The highest BCUT2D eigenvalue weighted by molar-refractivity contribution is 5.08. The maximum absolute atomic E-state index is 5.51. The molecule has 0 fully saturated rings. The molecule has 0 unspecified atom stereocenters. The second kappa shape index (κ2) is 7.79. The maximum atomic E-state index is 5.51. The first-order valence-corrected chi connectivity index (χ1v) is 6.00. The van der Waals surface area contributed by atoms with E-state index < -0.39 is 0 Å². The number of ether oxygens (including phenoxy) is 1. The molecule has 0 saturated heterocycles. The number of unbranched alkanes of at least 4 members (excludes halogenated alkanes) is 1. The molecule has 0 amide bonds. The highest BCUT2D eigenvalue weighted by atomic mass is 16.5. The minimum absolute atomic E-state index is 0.439. The third-order valence-electron chi connectivity index (χ3n) is 2.16. The SMILES string of the molecule is C=CCCCOc1cncc(CNC(C)C)n1. The molecule has 4 nitrogen and oxygen atoms in total. The molecule has 0 aliphatic rings. The molecule has 0 aromatic carbocycles. The average molecular weight is 235 g/mol. The van der Waals surface area contributed by atoms with Crippen LogP contribution in [0.1, 0.15) is 32.4 Å². The average Bonchev–Trinajstić information content (AvgIpc) is 2.33. The van der Waals surface area contributed by atoms with Gasteiger partial charge < -0.3 is 10.1 Å². The van der Waals surface area contributed by atoms with Crippen LogP contribution in [0.15, 0.2) is 25.0 Å². The van der Waals surface area contributed by atoms with Crippen LogP contribution >= 0.6 is 0 Å². The topological polar surface area (TPSA) is 47.0 Å². The van der Waals surface area contributed by atoms with Gasteiger partial charge in [-0.05, 0) is 12.8 Å². The Kier molecular flexibility index (Phi) is 6.25. The van der Waals surface area contributed by atoms with Crippen LogP contribution in [0, 0.1) is 0 Å². The van der Waals surface area contributed by atoms with Crippen LogP contribution in [0.25, 0.3) is 0 Å². The number of hydrogen-bond donors (Lipinski definition) is 1. The van der Waals surface area contributed by atoms with Crippen molar-refractivity contribution in [3.8, 4) is 5.88 Å². The summed E-state index contributed by atoms with van der Waals surface area (Å²) in [5.41, 5.74) is 0.903. The van der Waals surface area contributed by atoms with Crippen LogP contribution in [0.4, 0.5) is 0 Å². The van der Waals surface area contributed by atoms with Gasteiger partial charge in [0.25, 0.3) is 0 Å². The maximum Gasteiger partial charge on any atom is 0.232 e. The van der Waals surface area contributed by atoms with Crippen LogP contribution < -0.4 is 10.1 Å². The van der Waals surface area contributed by atoms with E-state index in [1.54, 1.807) is 12.4 Å². The number of rotatable bonds is 8. The molecular weight excluding hydrogens is 214 g/mol. The number of hydrogen-bond acceptors (Lipinski definition) is 4. The highest BCUT2D eigenvalue weighted by Gasteiger charge is 2.00. The quantitative estimate of drug-likeness (QED) is 0.555. The normalized spacial score (nSPS) is 10.5. The van der Waals surface area contributed by atoms with E-state index >= 15 is 0 Å². The smallest absolute Gasteiger partial charge is 0.232 e. The molecule has 0 radical (unpaired) electrons. The zero-order chi connectivity index (χ0) is 12.5. The zero-order valence-electron chi connectivity index (χ0n) is 10.6. The van der Waals surface area contributed by atoms with E-state index in [1.807, 2.05) is 6.08 Å². The predicted octanol–water partition coefficient (Wildman–Crippen LogP) is 2.32.